The third-order valence-electron chi connectivity index (χ3n) is 3.75. The van der Waals surface area contributed by atoms with Gasteiger partial charge < -0.3 is 10.3 Å². The van der Waals surface area contributed by atoms with Crippen LogP contribution < -0.4 is 10.0 Å². The zero-order valence-electron chi connectivity index (χ0n) is 13.9. The van der Waals surface area contributed by atoms with Crippen LogP contribution in [0.3, 0.4) is 0 Å². The average molecular weight is 378 g/mol. The number of hydrogen-bond acceptors (Lipinski definition) is 4. The van der Waals surface area contributed by atoms with Crippen LogP contribution in [0.1, 0.15) is 11.1 Å². The Morgan fingerprint density at radius 1 is 1.12 bits per heavy atom. The second-order valence-electron chi connectivity index (χ2n) is 5.52. The van der Waals surface area contributed by atoms with Crippen molar-refractivity contribution in [3.63, 3.8) is 0 Å². The largest absolute Gasteiger partial charge is 0.416 e. The molecule has 1 aromatic heterocycles. The van der Waals surface area contributed by atoms with E-state index in [0.717, 1.165) is 39.5 Å². The molecule has 0 aliphatic heterocycles. The van der Waals surface area contributed by atoms with Crippen molar-refractivity contribution in [3.8, 4) is 11.3 Å². The van der Waals surface area contributed by atoms with Crippen molar-refractivity contribution in [1.29, 1.82) is 0 Å². The standard InChI is InChI=1S/C18H17F3N4S/c1-22-26-14-6-7-16(15(8-14)17-10-23-11-25-17)24-9-12-2-4-13(5-3-12)18(19,20)21/h2-8,10-11,22,24H,9H2,1H3,(H,23,25). The lowest BCUT2D eigenvalue weighted by Crippen LogP contribution is -2.06. The predicted octanol–water partition coefficient (Wildman–Crippen LogP) is 4.93. The number of aromatic nitrogens is 2. The van der Waals surface area contributed by atoms with Crippen molar-refractivity contribution in [3.05, 3.63) is 66.1 Å². The summed E-state index contributed by atoms with van der Waals surface area (Å²) in [5.41, 5.74) is 2.68. The van der Waals surface area contributed by atoms with Crippen LogP contribution in [0.25, 0.3) is 11.3 Å². The van der Waals surface area contributed by atoms with E-state index in [9.17, 15) is 13.2 Å². The number of rotatable bonds is 6. The van der Waals surface area contributed by atoms with E-state index in [-0.39, 0.29) is 0 Å². The Morgan fingerprint density at radius 2 is 1.88 bits per heavy atom. The fourth-order valence-corrected chi connectivity index (χ4v) is 3.04. The van der Waals surface area contributed by atoms with Gasteiger partial charge in [-0.1, -0.05) is 12.1 Å². The molecule has 4 nitrogen and oxygen atoms in total. The van der Waals surface area contributed by atoms with Crippen molar-refractivity contribution < 1.29 is 13.2 Å². The highest BCUT2D eigenvalue weighted by Gasteiger charge is 2.29. The molecule has 3 N–H and O–H groups in total. The molecule has 8 heteroatoms. The van der Waals surface area contributed by atoms with Crippen molar-refractivity contribution >= 4 is 17.6 Å². The van der Waals surface area contributed by atoms with E-state index in [1.807, 2.05) is 25.2 Å². The molecule has 2 aromatic carbocycles. The maximum absolute atomic E-state index is 12.6. The number of alkyl halides is 3. The van der Waals surface area contributed by atoms with Gasteiger partial charge in [-0.15, -0.1) is 0 Å². The van der Waals surface area contributed by atoms with Crippen LogP contribution in [0.2, 0.25) is 0 Å². The van der Waals surface area contributed by atoms with E-state index in [1.165, 1.54) is 24.1 Å². The lowest BCUT2D eigenvalue weighted by Gasteiger charge is -2.13. The summed E-state index contributed by atoms with van der Waals surface area (Å²) in [6.45, 7) is 0.411. The number of hydrogen-bond donors (Lipinski definition) is 3. The number of imidazole rings is 1. The molecule has 0 aliphatic rings. The third-order valence-corrected chi connectivity index (χ3v) is 4.44. The van der Waals surface area contributed by atoms with Gasteiger partial charge in [0.15, 0.2) is 0 Å². The molecule has 0 unspecified atom stereocenters. The van der Waals surface area contributed by atoms with Gasteiger partial charge in [0.25, 0.3) is 0 Å². The zero-order valence-corrected chi connectivity index (χ0v) is 14.7. The Bertz CT molecular complexity index is 846. The van der Waals surface area contributed by atoms with Gasteiger partial charge in [-0.3, -0.25) is 4.72 Å². The van der Waals surface area contributed by atoms with Crippen LogP contribution in [0.4, 0.5) is 18.9 Å². The number of nitrogens with zero attached hydrogens (tertiary/aromatic N) is 1. The zero-order chi connectivity index (χ0) is 18.6. The Hall–Kier alpha value is -2.45. The summed E-state index contributed by atoms with van der Waals surface area (Å²) in [7, 11) is 1.84. The summed E-state index contributed by atoms with van der Waals surface area (Å²) in [6, 6.07) is 11.1. The first kappa shape index (κ1) is 18.3. The van der Waals surface area contributed by atoms with Crippen LogP contribution >= 0.6 is 11.9 Å². The number of benzene rings is 2. The summed E-state index contributed by atoms with van der Waals surface area (Å²) in [5, 5.41) is 3.28. The molecule has 0 amide bonds. The molecular formula is C18H17F3N4S. The first-order valence-electron chi connectivity index (χ1n) is 7.84. The molecule has 3 rings (SSSR count). The molecule has 0 saturated heterocycles. The summed E-state index contributed by atoms with van der Waals surface area (Å²) in [4.78, 5) is 8.26. The predicted molar refractivity (Wildman–Crippen MR) is 97.7 cm³/mol. The van der Waals surface area contributed by atoms with Crippen molar-refractivity contribution in [2.75, 3.05) is 12.4 Å². The first-order valence-corrected chi connectivity index (χ1v) is 8.66. The number of H-pyrrole nitrogens is 1. The fourth-order valence-electron chi connectivity index (χ4n) is 2.49. The van der Waals surface area contributed by atoms with E-state index in [0.29, 0.717) is 6.54 Å². The second kappa shape index (κ2) is 7.84. The number of anilines is 1. The molecular weight excluding hydrogens is 361 g/mol. The second-order valence-corrected chi connectivity index (χ2v) is 6.60. The fraction of sp³-hybridized carbons (Fsp3) is 0.167. The Kier molecular flexibility index (Phi) is 5.53. The van der Waals surface area contributed by atoms with Crippen LogP contribution in [0, 0.1) is 0 Å². The molecule has 0 spiro atoms. The minimum absolute atomic E-state index is 0.411. The van der Waals surface area contributed by atoms with Gasteiger partial charge in [0.2, 0.25) is 0 Å². The summed E-state index contributed by atoms with van der Waals surface area (Å²) < 4.78 is 41.0. The molecule has 0 aliphatic carbocycles. The lowest BCUT2D eigenvalue weighted by molar-refractivity contribution is -0.137. The van der Waals surface area contributed by atoms with Crippen molar-refractivity contribution in [2.45, 2.75) is 17.6 Å². The van der Waals surface area contributed by atoms with Gasteiger partial charge in [-0.2, -0.15) is 13.2 Å². The SMILES string of the molecule is CNSc1ccc(NCc2ccc(C(F)(F)F)cc2)c(-c2c[nH]cn2)c1. The highest BCUT2D eigenvalue weighted by Crippen LogP contribution is 2.32. The van der Waals surface area contributed by atoms with E-state index in [4.69, 9.17) is 0 Å². The first-order chi connectivity index (χ1) is 12.5. The van der Waals surface area contributed by atoms with E-state index in [2.05, 4.69) is 20.0 Å². The smallest absolute Gasteiger partial charge is 0.380 e. The van der Waals surface area contributed by atoms with E-state index in [1.54, 1.807) is 12.5 Å². The van der Waals surface area contributed by atoms with Gasteiger partial charge in [-0.05, 0) is 54.9 Å². The molecule has 0 radical (unpaired) electrons. The van der Waals surface area contributed by atoms with Gasteiger partial charge in [-0.25, -0.2) is 4.98 Å². The quantitative estimate of drug-likeness (QED) is 0.532. The third kappa shape index (κ3) is 4.39. The monoisotopic (exact) mass is 378 g/mol. The number of halogens is 3. The van der Waals surface area contributed by atoms with Gasteiger partial charge in [0.05, 0.1) is 17.6 Å². The minimum Gasteiger partial charge on any atom is -0.380 e. The van der Waals surface area contributed by atoms with Gasteiger partial charge >= 0.3 is 6.18 Å². The summed E-state index contributed by atoms with van der Waals surface area (Å²) in [6.07, 6.45) is -0.917. The molecule has 0 saturated carbocycles. The normalized spacial score (nSPS) is 11.5. The molecule has 0 fully saturated rings. The lowest BCUT2D eigenvalue weighted by atomic mass is 10.1. The minimum atomic E-state index is -4.32. The Labute approximate surface area is 153 Å². The number of nitrogens with one attached hydrogen (secondary N) is 3. The molecule has 3 aromatic rings. The highest BCUT2D eigenvalue weighted by atomic mass is 32.2. The summed E-state index contributed by atoms with van der Waals surface area (Å²) in [5.74, 6) is 0. The van der Waals surface area contributed by atoms with Crippen LogP contribution in [0.15, 0.2) is 59.9 Å². The van der Waals surface area contributed by atoms with Crippen molar-refractivity contribution in [2.24, 2.45) is 0 Å². The average Bonchev–Trinajstić information content (AvgIpc) is 3.15. The summed E-state index contributed by atoms with van der Waals surface area (Å²) >= 11 is 1.49. The van der Waals surface area contributed by atoms with E-state index < -0.39 is 11.7 Å². The van der Waals surface area contributed by atoms with E-state index >= 15 is 0 Å². The molecule has 0 bridgehead atoms. The van der Waals surface area contributed by atoms with Crippen LogP contribution in [0.5, 0.6) is 0 Å². The maximum Gasteiger partial charge on any atom is 0.416 e. The maximum atomic E-state index is 12.6. The Balaban J connectivity index is 1.79. The molecule has 26 heavy (non-hydrogen) atoms. The van der Waals surface area contributed by atoms with Gasteiger partial charge in [0.1, 0.15) is 0 Å². The van der Waals surface area contributed by atoms with Crippen LogP contribution in [-0.2, 0) is 12.7 Å². The molecule has 136 valence electrons. The van der Waals surface area contributed by atoms with Gasteiger partial charge in [0, 0.05) is 28.9 Å². The molecule has 0 atom stereocenters. The highest BCUT2D eigenvalue weighted by molar-refractivity contribution is 7.97. The number of aromatic amines is 1. The molecule has 1 heterocycles. The Morgan fingerprint density at radius 3 is 2.50 bits per heavy atom. The van der Waals surface area contributed by atoms with Crippen molar-refractivity contribution in [1.82, 2.24) is 14.7 Å². The van der Waals surface area contributed by atoms with Crippen LogP contribution in [-0.4, -0.2) is 17.0 Å². The topological polar surface area (TPSA) is 52.7 Å².